The molecule has 0 fully saturated rings. The molecule has 18 heavy (non-hydrogen) atoms. The molecular weight excluding hydrogens is 250 g/mol. The van der Waals surface area contributed by atoms with Gasteiger partial charge in [-0.3, -0.25) is 4.79 Å². The minimum Gasteiger partial charge on any atom is -0.460 e. The minimum atomic E-state index is -0.447. The summed E-state index contributed by atoms with van der Waals surface area (Å²) in [5.41, 5.74) is 6.50. The van der Waals surface area contributed by atoms with Gasteiger partial charge in [0.15, 0.2) is 0 Å². The Bertz CT molecular complexity index is 413. The van der Waals surface area contributed by atoms with Crippen LogP contribution in [-0.2, 0) is 9.53 Å². The lowest BCUT2D eigenvalue weighted by Crippen LogP contribution is -2.24. The SMILES string of the molecule is CC(C)(C)OC(=O)CC[C@H](N)c1cccc(Cl)c1. The molecule has 4 heteroatoms. The van der Waals surface area contributed by atoms with E-state index in [1.165, 1.54) is 0 Å². The Morgan fingerprint density at radius 3 is 2.67 bits per heavy atom. The largest absolute Gasteiger partial charge is 0.460 e. The van der Waals surface area contributed by atoms with Crippen LogP contribution in [0.3, 0.4) is 0 Å². The summed E-state index contributed by atoms with van der Waals surface area (Å²) in [7, 11) is 0. The average molecular weight is 270 g/mol. The highest BCUT2D eigenvalue weighted by Crippen LogP contribution is 2.20. The van der Waals surface area contributed by atoms with Gasteiger partial charge in [0.2, 0.25) is 0 Å². The fraction of sp³-hybridized carbons (Fsp3) is 0.500. The number of benzene rings is 1. The number of rotatable bonds is 4. The van der Waals surface area contributed by atoms with E-state index in [2.05, 4.69) is 0 Å². The Kier molecular flexibility index (Phi) is 5.17. The van der Waals surface area contributed by atoms with Crippen molar-refractivity contribution in [1.29, 1.82) is 0 Å². The zero-order chi connectivity index (χ0) is 13.8. The molecule has 2 N–H and O–H groups in total. The Morgan fingerprint density at radius 2 is 2.11 bits per heavy atom. The Morgan fingerprint density at radius 1 is 1.44 bits per heavy atom. The molecule has 0 aliphatic rings. The van der Waals surface area contributed by atoms with Crippen LogP contribution in [0.25, 0.3) is 0 Å². The summed E-state index contributed by atoms with van der Waals surface area (Å²) in [6.07, 6.45) is 0.861. The lowest BCUT2D eigenvalue weighted by atomic mass is 10.0. The lowest BCUT2D eigenvalue weighted by Gasteiger charge is -2.20. The number of ether oxygens (including phenoxy) is 1. The minimum absolute atomic E-state index is 0.198. The lowest BCUT2D eigenvalue weighted by molar-refractivity contribution is -0.155. The van der Waals surface area contributed by atoms with Gasteiger partial charge in [-0.2, -0.15) is 0 Å². The predicted molar refractivity (Wildman–Crippen MR) is 73.5 cm³/mol. The van der Waals surface area contributed by atoms with E-state index >= 15 is 0 Å². The molecule has 1 aromatic rings. The van der Waals surface area contributed by atoms with Crippen LogP contribution in [0.4, 0.5) is 0 Å². The first-order valence-electron chi connectivity index (χ1n) is 6.01. The fourth-order valence-corrected chi connectivity index (χ4v) is 1.77. The molecular formula is C14H20ClNO2. The van der Waals surface area contributed by atoms with Gasteiger partial charge in [0.25, 0.3) is 0 Å². The van der Waals surface area contributed by atoms with E-state index in [0.29, 0.717) is 17.9 Å². The summed E-state index contributed by atoms with van der Waals surface area (Å²) >= 11 is 5.89. The van der Waals surface area contributed by atoms with E-state index in [9.17, 15) is 4.79 Å². The first-order chi connectivity index (χ1) is 8.28. The molecule has 0 bridgehead atoms. The Labute approximate surface area is 113 Å². The van der Waals surface area contributed by atoms with Gasteiger partial charge in [-0.25, -0.2) is 0 Å². The molecule has 0 heterocycles. The van der Waals surface area contributed by atoms with Crippen LogP contribution in [0.1, 0.15) is 45.2 Å². The summed E-state index contributed by atoms with van der Waals surface area (Å²) in [5, 5.41) is 0.653. The topological polar surface area (TPSA) is 52.3 Å². The van der Waals surface area contributed by atoms with Crippen LogP contribution in [0, 0.1) is 0 Å². The molecule has 0 unspecified atom stereocenters. The summed E-state index contributed by atoms with van der Waals surface area (Å²) < 4.78 is 5.23. The van der Waals surface area contributed by atoms with Crippen molar-refractivity contribution in [3.63, 3.8) is 0 Å². The van der Waals surface area contributed by atoms with E-state index in [1.54, 1.807) is 6.07 Å². The van der Waals surface area contributed by atoms with Crippen LogP contribution in [0.15, 0.2) is 24.3 Å². The van der Waals surface area contributed by atoms with Gasteiger partial charge in [0, 0.05) is 17.5 Å². The number of hydrogen-bond acceptors (Lipinski definition) is 3. The van der Waals surface area contributed by atoms with E-state index in [-0.39, 0.29) is 12.0 Å². The van der Waals surface area contributed by atoms with E-state index in [4.69, 9.17) is 22.1 Å². The second-order valence-electron chi connectivity index (χ2n) is 5.29. The number of halogens is 1. The molecule has 0 radical (unpaired) electrons. The summed E-state index contributed by atoms with van der Waals surface area (Å²) in [6.45, 7) is 5.55. The van der Waals surface area contributed by atoms with Crippen LogP contribution in [0.5, 0.6) is 0 Å². The van der Waals surface area contributed by atoms with E-state index < -0.39 is 5.60 Å². The van der Waals surface area contributed by atoms with Crippen molar-refractivity contribution in [2.45, 2.75) is 45.3 Å². The third kappa shape index (κ3) is 5.52. The highest BCUT2D eigenvalue weighted by molar-refractivity contribution is 6.30. The van der Waals surface area contributed by atoms with Gasteiger partial charge in [-0.1, -0.05) is 23.7 Å². The van der Waals surface area contributed by atoms with E-state index in [1.807, 2.05) is 39.0 Å². The van der Waals surface area contributed by atoms with Crippen LogP contribution in [0.2, 0.25) is 5.02 Å². The molecule has 0 amide bonds. The smallest absolute Gasteiger partial charge is 0.306 e. The standard InChI is InChI=1S/C14H20ClNO2/c1-14(2,3)18-13(17)8-7-12(16)10-5-4-6-11(15)9-10/h4-6,9,12H,7-8,16H2,1-3H3/t12-/m0/s1. The van der Waals surface area contributed by atoms with Crippen LogP contribution >= 0.6 is 11.6 Å². The van der Waals surface area contributed by atoms with Gasteiger partial charge in [-0.05, 0) is 44.9 Å². The molecule has 0 spiro atoms. The van der Waals surface area contributed by atoms with Gasteiger partial charge in [0.05, 0.1) is 0 Å². The molecule has 0 aromatic heterocycles. The Balaban J connectivity index is 2.46. The maximum Gasteiger partial charge on any atom is 0.306 e. The van der Waals surface area contributed by atoms with Crippen molar-refractivity contribution < 1.29 is 9.53 Å². The van der Waals surface area contributed by atoms with Gasteiger partial charge >= 0.3 is 5.97 Å². The first-order valence-corrected chi connectivity index (χ1v) is 6.38. The third-order valence-electron chi connectivity index (χ3n) is 2.36. The fourth-order valence-electron chi connectivity index (χ4n) is 1.57. The van der Waals surface area contributed by atoms with Crippen LogP contribution < -0.4 is 5.73 Å². The molecule has 1 aromatic carbocycles. The number of carbonyl (C=O) groups is 1. The van der Waals surface area contributed by atoms with Gasteiger partial charge in [0.1, 0.15) is 5.60 Å². The maximum absolute atomic E-state index is 11.6. The number of hydrogen-bond donors (Lipinski definition) is 1. The summed E-state index contributed by atoms with van der Waals surface area (Å²) in [6, 6.07) is 7.18. The maximum atomic E-state index is 11.6. The predicted octanol–water partition coefficient (Wildman–Crippen LogP) is 3.46. The van der Waals surface area contributed by atoms with Gasteiger partial charge in [-0.15, -0.1) is 0 Å². The second-order valence-corrected chi connectivity index (χ2v) is 5.72. The first kappa shape index (κ1) is 15.0. The molecule has 3 nitrogen and oxygen atoms in total. The Hall–Kier alpha value is -1.06. The highest BCUT2D eigenvalue weighted by atomic mass is 35.5. The highest BCUT2D eigenvalue weighted by Gasteiger charge is 2.17. The molecule has 0 aliphatic carbocycles. The van der Waals surface area contributed by atoms with Crippen molar-refractivity contribution in [2.24, 2.45) is 5.73 Å². The number of esters is 1. The van der Waals surface area contributed by atoms with Crippen LogP contribution in [-0.4, -0.2) is 11.6 Å². The molecule has 0 aliphatic heterocycles. The van der Waals surface area contributed by atoms with E-state index in [0.717, 1.165) is 5.56 Å². The molecule has 0 saturated carbocycles. The zero-order valence-electron chi connectivity index (χ0n) is 11.1. The summed E-state index contributed by atoms with van der Waals surface area (Å²) in [4.78, 5) is 11.6. The third-order valence-corrected chi connectivity index (χ3v) is 2.59. The number of nitrogens with two attached hydrogens (primary N) is 1. The number of carbonyl (C=O) groups excluding carboxylic acids is 1. The summed E-state index contributed by atoms with van der Waals surface area (Å²) in [5.74, 6) is -0.222. The second kappa shape index (κ2) is 6.21. The monoisotopic (exact) mass is 269 g/mol. The van der Waals surface area contributed by atoms with Crippen molar-refractivity contribution in [1.82, 2.24) is 0 Å². The molecule has 1 atom stereocenters. The molecule has 1 rings (SSSR count). The quantitative estimate of drug-likeness (QED) is 0.852. The zero-order valence-corrected chi connectivity index (χ0v) is 11.8. The average Bonchev–Trinajstić information content (AvgIpc) is 2.23. The van der Waals surface area contributed by atoms with Crippen molar-refractivity contribution in [3.8, 4) is 0 Å². The molecule has 0 saturated heterocycles. The normalized spacial score (nSPS) is 13.2. The van der Waals surface area contributed by atoms with Crippen molar-refractivity contribution in [2.75, 3.05) is 0 Å². The van der Waals surface area contributed by atoms with Crippen molar-refractivity contribution >= 4 is 17.6 Å². The van der Waals surface area contributed by atoms with Crippen molar-refractivity contribution in [3.05, 3.63) is 34.9 Å². The molecule has 100 valence electrons. The van der Waals surface area contributed by atoms with Gasteiger partial charge < -0.3 is 10.5 Å².